The number of nitrogens with one attached hydrogen (secondary N) is 1. The first-order valence-electron chi connectivity index (χ1n) is 4.61. The van der Waals surface area contributed by atoms with Gasteiger partial charge in [0.25, 0.3) is 0 Å². The predicted octanol–water partition coefficient (Wildman–Crippen LogP) is 1.93. The minimum atomic E-state index is -1.02. The number of hydrogen-bond donors (Lipinski definition) is 2. The lowest BCUT2D eigenvalue weighted by Gasteiger charge is -2.24. The molecule has 1 unspecified atom stereocenters. The number of carbonyl (C=O) groups is 1. The van der Waals surface area contributed by atoms with Crippen molar-refractivity contribution < 1.29 is 9.90 Å². The summed E-state index contributed by atoms with van der Waals surface area (Å²) in [6.45, 7) is 1.66. The van der Waals surface area contributed by atoms with Crippen LogP contribution in [0.3, 0.4) is 0 Å². The van der Waals surface area contributed by atoms with Crippen LogP contribution < -0.4 is 5.32 Å². The minimum absolute atomic E-state index is 0.760. The normalized spacial score (nSPS) is 14.6. The van der Waals surface area contributed by atoms with E-state index < -0.39 is 11.5 Å². The molecule has 0 saturated carbocycles. The number of hydrogen-bond acceptors (Lipinski definition) is 3. The molecule has 0 aliphatic carbocycles. The molecule has 15 heavy (non-hydrogen) atoms. The Morgan fingerprint density at radius 1 is 1.40 bits per heavy atom. The Morgan fingerprint density at radius 3 is 2.27 bits per heavy atom. The van der Waals surface area contributed by atoms with E-state index in [0.29, 0.717) is 0 Å². The summed E-state index contributed by atoms with van der Waals surface area (Å²) in [5.74, 6) is -0.873. The maximum atomic E-state index is 11.1. The molecule has 0 heterocycles. The Morgan fingerprint density at radius 2 is 1.93 bits per heavy atom. The number of benzene rings is 1. The Hall–Kier alpha value is -1.00. The van der Waals surface area contributed by atoms with Crippen molar-refractivity contribution in [3.8, 4) is 0 Å². The summed E-state index contributed by atoms with van der Waals surface area (Å²) in [6.07, 6.45) is 1.99. The molecule has 0 fully saturated rings. The maximum absolute atomic E-state index is 11.1. The minimum Gasteiger partial charge on any atom is -0.480 e. The van der Waals surface area contributed by atoms with Crippen LogP contribution in [0.25, 0.3) is 0 Å². The van der Waals surface area contributed by atoms with Crippen LogP contribution in [-0.4, -0.2) is 24.4 Å². The fourth-order valence-corrected chi connectivity index (χ4v) is 1.71. The van der Waals surface area contributed by atoms with Crippen LogP contribution in [0.1, 0.15) is 12.5 Å². The van der Waals surface area contributed by atoms with E-state index in [1.54, 1.807) is 25.7 Å². The van der Waals surface area contributed by atoms with Crippen molar-refractivity contribution in [2.24, 2.45) is 0 Å². The van der Waals surface area contributed by atoms with E-state index in [9.17, 15) is 4.79 Å². The molecule has 1 aromatic carbocycles. The van der Waals surface area contributed by atoms with Gasteiger partial charge in [-0.25, -0.2) is 4.79 Å². The first-order valence-corrected chi connectivity index (χ1v) is 5.84. The van der Waals surface area contributed by atoms with Crippen LogP contribution in [0.4, 0.5) is 0 Å². The van der Waals surface area contributed by atoms with Gasteiger partial charge in [-0.05, 0) is 37.9 Å². The third-order valence-corrected chi connectivity index (χ3v) is 3.34. The Kier molecular flexibility index (Phi) is 3.77. The predicted molar refractivity (Wildman–Crippen MR) is 62.3 cm³/mol. The van der Waals surface area contributed by atoms with Crippen LogP contribution in [0, 0.1) is 0 Å². The first kappa shape index (κ1) is 12.1. The molecule has 0 spiro atoms. The highest BCUT2D eigenvalue weighted by molar-refractivity contribution is 7.98. The SMILES string of the molecule is CNC(C)(C(=O)O)c1ccc(SC)cc1. The summed E-state index contributed by atoms with van der Waals surface area (Å²) in [6, 6.07) is 7.55. The van der Waals surface area contributed by atoms with Gasteiger partial charge in [-0.2, -0.15) is 0 Å². The quantitative estimate of drug-likeness (QED) is 0.769. The summed E-state index contributed by atoms with van der Waals surface area (Å²) in [4.78, 5) is 12.3. The van der Waals surface area contributed by atoms with E-state index in [2.05, 4.69) is 5.32 Å². The maximum Gasteiger partial charge on any atom is 0.328 e. The van der Waals surface area contributed by atoms with Gasteiger partial charge in [-0.1, -0.05) is 12.1 Å². The van der Waals surface area contributed by atoms with Crippen molar-refractivity contribution in [3.63, 3.8) is 0 Å². The second kappa shape index (κ2) is 4.68. The van der Waals surface area contributed by atoms with Crippen molar-refractivity contribution in [3.05, 3.63) is 29.8 Å². The number of carboxylic acid groups (broad SMARTS) is 1. The van der Waals surface area contributed by atoms with Crippen molar-refractivity contribution in [2.75, 3.05) is 13.3 Å². The molecular weight excluding hydrogens is 210 g/mol. The second-order valence-corrected chi connectivity index (χ2v) is 4.29. The largest absolute Gasteiger partial charge is 0.480 e. The Balaban J connectivity index is 3.08. The van der Waals surface area contributed by atoms with Crippen LogP contribution in [0.15, 0.2) is 29.2 Å². The summed E-state index contributed by atoms with van der Waals surface area (Å²) in [5.41, 5.74) is -0.257. The third-order valence-electron chi connectivity index (χ3n) is 2.60. The van der Waals surface area contributed by atoms with Crippen LogP contribution in [-0.2, 0) is 10.3 Å². The molecule has 2 N–H and O–H groups in total. The molecule has 0 bridgehead atoms. The van der Waals surface area contributed by atoms with Crippen molar-refractivity contribution in [1.29, 1.82) is 0 Å². The van der Waals surface area contributed by atoms with Gasteiger partial charge in [0.2, 0.25) is 0 Å². The number of thioether (sulfide) groups is 1. The summed E-state index contributed by atoms with van der Waals surface area (Å²) in [5, 5.41) is 12.0. The lowest BCUT2D eigenvalue weighted by atomic mass is 9.92. The fourth-order valence-electron chi connectivity index (χ4n) is 1.30. The van der Waals surface area contributed by atoms with Gasteiger partial charge in [-0.15, -0.1) is 11.8 Å². The highest BCUT2D eigenvalue weighted by Crippen LogP contribution is 2.23. The number of carboxylic acids is 1. The molecule has 0 aromatic heterocycles. The van der Waals surface area contributed by atoms with Gasteiger partial charge in [-0.3, -0.25) is 0 Å². The van der Waals surface area contributed by atoms with Crippen LogP contribution >= 0.6 is 11.8 Å². The molecule has 0 aliphatic rings. The zero-order valence-corrected chi connectivity index (χ0v) is 9.89. The van der Waals surface area contributed by atoms with Crippen molar-refractivity contribution >= 4 is 17.7 Å². The smallest absolute Gasteiger partial charge is 0.328 e. The van der Waals surface area contributed by atoms with E-state index in [0.717, 1.165) is 10.5 Å². The van der Waals surface area contributed by atoms with Gasteiger partial charge in [0.05, 0.1) is 0 Å². The monoisotopic (exact) mass is 225 g/mol. The molecule has 3 nitrogen and oxygen atoms in total. The molecule has 0 amide bonds. The van der Waals surface area contributed by atoms with Gasteiger partial charge < -0.3 is 10.4 Å². The number of likely N-dealkylation sites (N-methyl/N-ethyl adjacent to an activating group) is 1. The van der Waals surface area contributed by atoms with Gasteiger partial charge in [0.15, 0.2) is 0 Å². The van der Waals surface area contributed by atoms with Gasteiger partial charge in [0.1, 0.15) is 5.54 Å². The number of aliphatic carboxylic acids is 1. The van der Waals surface area contributed by atoms with Gasteiger partial charge in [0, 0.05) is 4.90 Å². The molecular formula is C11H15NO2S. The molecule has 82 valence electrons. The highest BCUT2D eigenvalue weighted by atomic mass is 32.2. The summed E-state index contributed by atoms with van der Waals surface area (Å²) < 4.78 is 0. The fraction of sp³-hybridized carbons (Fsp3) is 0.364. The van der Waals surface area contributed by atoms with E-state index in [1.165, 1.54) is 0 Å². The lowest BCUT2D eigenvalue weighted by molar-refractivity contribution is -0.144. The molecule has 0 saturated heterocycles. The second-order valence-electron chi connectivity index (χ2n) is 3.41. The molecule has 0 aliphatic heterocycles. The van der Waals surface area contributed by atoms with Crippen molar-refractivity contribution in [2.45, 2.75) is 17.4 Å². The molecule has 1 atom stereocenters. The molecule has 1 aromatic rings. The standard InChI is InChI=1S/C11H15NO2S/c1-11(12-2,10(13)14)8-4-6-9(15-3)7-5-8/h4-7,12H,1-3H3,(H,13,14). The zero-order valence-electron chi connectivity index (χ0n) is 9.07. The molecule has 1 rings (SSSR count). The van der Waals surface area contributed by atoms with Gasteiger partial charge >= 0.3 is 5.97 Å². The number of rotatable bonds is 4. The van der Waals surface area contributed by atoms with E-state index in [1.807, 2.05) is 30.5 Å². The lowest BCUT2D eigenvalue weighted by Crippen LogP contribution is -2.44. The van der Waals surface area contributed by atoms with E-state index in [4.69, 9.17) is 5.11 Å². The Labute approximate surface area is 93.9 Å². The van der Waals surface area contributed by atoms with E-state index >= 15 is 0 Å². The first-order chi connectivity index (χ1) is 7.04. The highest BCUT2D eigenvalue weighted by Gasteiger charge is 2.32. The van der Waals surface area contributed by atoms with E-state index in [-0.39, 0.29) is 0 Å². The average molecular weight is 225 g/mol. The van der Waals surface area contributed by atoms with Crippen LogP contribution in [0.2, 0.25) is 0 Å². The van der Waals surface area contributed by atoms with Crippen LogP contribution in [0.5, 0.6) is 0 Å². The molecule has 0 radical (unpaired) electrons. The zero-order chi connectivity index (χ0) is 11.5. The topological polar surface area (TPSA) is 49.3 Å². The summed E-state index contributed by atoms with van der Waals surface area (Å²) in [7, 11) is 1.65. The average Bonchev–Trinajstić information content (AvgIpc) is 2.28. The summed E-state index contributed by atoms with van der Waals surface area (Å²) >= 11 is 1.64. The van der Waals surface area contributed by atoms with Crippen molar-refractivity contribution in [1.82, 2.24) is 5.32 Å². The molecule has 4 heteroatoms. The Bertz CT molecular complexity index is 350. The third kappa shape index (κ3) is 2.33.